The first-order chi connectivity index (χ1) is 12.8. The average molecular weight is 366 g/mol. The molecule has 1 heterocycles. The molecule has 1 saturated carbocycles. The summed E-state index contributed by atoms with van der Waals surface area (Å²) in [6.45, 7) is 1.86. The fraction of sp³-hybridized carbons (Fsp3) is 0.286. The molecular formula is C21H22N2O2S. The number of rotatable bonds is 5. The fourth-order valence-electron chi connectivity index (χ4n) is 2.84. The maximum atomic E-state index is 5.73. The number of fused-ring (bicyclic) bond motifs is 1. The van der Waals surface area contributed by atoms with E-state index in [1.165, 1.54) is 18.4 Å². The highest BCUT2D eigenvalue weighted by Crippen LogP contribution is 2.34. The number of thiocarbonyl (C=S) groups is 1. The third-order valence-electron chi connectivity index (χ3n) is 4.39. The Labute approximate surface area is 159 Å². The van der Waals surface area contributed by atoms with Crippen LogP contribution in [0.15, 0.2) is 54.6 Å². The van der Waals surface area contributed by atoms with Crippen LogP contribution in [0, 0.1) is 0 Å². The summed E-state index contributed by atoms with van der Waals surface area (Å²) in [6, 6.07) is 16.8. The molecule has 0 amide bonds. The molecule has 26 heavy (non-hydrogen) atoms. The minimum atomic E-state index is 0.514. The van der Waals surface area contributed by atoms with E-state index in [0.29, 0.717) is 25.8 Å². The quantitative estimate of drug-likeness (QED) is 0.809. The van der Waals surface area contributed by atoms with Gasteiger partial charge < -0.3 is 19.7 Å². The van der Waals surface area contributed by atoms with Crippen molar-refractivity contribution in [2.45, 2.75) is 18.9 Å². The van der Waals surface area contributed by atoms with E-state index in [0.717, 1.165) is 22.3 Å². The van der Waals surface area contributed by atoms with Crippen LogP contribution in [0.5, 0.6) is 11.5 Å². The van der Waals surface area contributed by atoms with Crippen molar-refractivity contribution in [3.05, 3.63) is 60.2 Å². The van der Waals surface area contributed by atoms with Gasteiger partial charge in [0.1, 0.15) is 13.2 Å². The largest absolute Gasteiger partial charge is 0.486 e. The van der Waals surface area contributed by atoms with Gasteiger partial charge in [-0.05, 0) is 42.8 Å². The van der Waals surface area contributed by atoms with Crippen LogP contribution in [0.4, 0.5) is 5.69 Å². The van der Waals surface area contributed by atoms with Crippen molar-refractivity contribution < 1.29 is 9.47 Å². The molecule has 0 bridgehead atoms. The maximum Gasteiger partial charge on any atom is 0.173 e. The zero-order chi connectivity index (χ0) is 17.8. The van der Waals surface area contributed by atoms with Crippen LogP contribution >= 0.6 is 12.2 Å². The standard InChI is InChI=1S/C21H22N2O2S/c26-21(22-17-8-9-17)23(12-4-7-16-5-2-1-3-6-16)18-10-11-19-20(15-18)25-14-13-24-19/h1-7,10-11,15,17H,8-9,12-14H2,(H,22,26)/b7-4+. The van der Waals surface area contributed by atoms with Crippen molar-refractivity contribution in [3.63, 3.8) is 0 Å². The number of benzene rings is 2. The van der Waals surface area contributed by atoms with Gasteiger partial charge in [0.15, 0.2) is 16.6 Å². The van der Waals surface area contributed by atoms with Crippen LogP contribution in [-0.2, 0) is 0 Å². The Morgan fingerprint density at radius 2 is 1.85 bits per heavy atom. The third-order valence-corrected chi connectivity index (χ3v) is 4.72. The van der Waals surface area contributed by atoms with Gasteiger partial charge in [-0.15, -0.1) is 0 Å². The second kappa shape index (κ2) is 7.79. The van der Waals surface area contributed by atoms with Gasteiger partial charge in [-0.2, -0.15) is 0 Å². The first-order valence-corrected chi connectivity index (χ1v) is 9.40. The van der Waals surface area contributed by atoms with Crippen molar-refractivity contribution >= 4 is 29.1 Å². The molecule has 0 radical (unpaired) electrons. The highest BCUT2D eigenvalue weighted by molar-refractivity contribution is 7.80. The van der Waals surface area contributed by atoms with Crippen molar-refractivity contribution in [2.24, 2.45) is 0 Å². The first-order valence-electron chi connectivity index (χ1n) is 8.99. The average Bonchev–Trinajstić information content (AvgIpc) is 3.49. The summed E-state index contributed by atoms with van der Waals surface area (Å²) in [6.07, 6.45) is 6.63. The van der Waals surface area contributed by atoms with Gasteiger partial charge >= 0.3 is 0 Å². The Bertz CT molecular complexity index is 803. The van der Waals surface area contributed by atoms with Crippen molar-refractivity contribution in [2.75, 3.05) is 24.7 Å². The van der Waals surface area contributed by atoms with Crippen molar-refractivity contribution in [1.82, 2.24) is 5.32 Å². The molecule has 4 nitrogen and oxygen atoms in total. The van der Waals surface area contributed by atoms with Gasteiger partial charge in [0.25, 0.3) is 0 Å². The van der Waals surface area contributed by atoms with Crippen LogP contribution in [-0.4, -0.2) is 30.9 Å². The molecule has 1 fully saturated rings. The molecule has 0 atom stereocenters. The molecule has 0 unspecified atom stereocenters. The molecule has 134 valence electrons. The Morgan fingerprint density at radius 3 is 2.62 bits per heavy atom. The highest BCUT2D eigenvalue weighted by Gasteiger charge is 2.24. The molecule has 4 rings (SSSR count). The molecule has 0 aromatic heterocycles. The molecule has 2 aromatic carbocycles. The van der Waals surface area contributed by atoms with Crippen LogP contribution in [0.3, 0.4) is 0 Å². The molecule has 1 N–H and O–H groups in total. The van der Waals surface area contributed by atoms with E-state index in [-0.39, 0.29) is 0 Å². The van der Waals surface area contributed by atoms with Crippen molar-refractivity contribution in [3.8, 4) is 11.5 Å². The smallest absolute Gasteiger partial charge is 0.173 e. The van der Waals surface area contributed by atoms with Gasteiger partial charge in [-0.3, -0.25) is 0 Å². The van der Waals surface area contributed by atoms with E-state index in [9.17, 15) is 0 Å². The molecular weight excluding hydrogens is 344 g/mol. The molecule has 0 spiro atoms. The van der Waals surface area contributed by atoms with E-state index >= 15 is 0 Å². The summed E-state index contributed by atoms with van der Waals surface area (Å²) in [5.41, 5.74) is 2.18. The summed E-state index contributed by atoms with van der Waals surface area (Å²) < 4.78 is 11.4. The minimum Gasteiger partial charge on any atom is -0.486 e. The van der Waals surface area contributed by atoms with Crippen LogP contribution in [0.1, 0.15) is 18.4 Å². The zero-order valence-electron chi connectivity index (χ0n) is 14.6. The number of nitrogens with zero attached hydrogens (tertiary/aromatic N) is 1. The minimum absolute atomic E-state index is 0.514. The lowest BCUT2D eigenvalue weighted by Crippen LogP contribution is -2.41. The van der Waals surface area contributed by atoms with Crippen LogP contribution in [0.2, 0.25) is 0 Å². The van der Waals surface area contributed by atoms with Gasteiger partial charge in [-0.1, -0.05) is 42.5 Å². The molecule has 1 aliphatic heterocycles. The molecule has 2 aromatic rings. The predicted molar refractivity (Wildman–Crippen MR) is 109 cm³/mol. The van der Waals surface area contributed by atoms with Crippen LogP contribution < -0.4 is 19.7 Å². The highest BCUT2D eigenvalue weighted by atomic mass is 32.1. The summed E-state index contributed by atoms with van der Waals surface area (Å²) >= 11 is 5.67. The molecule has 1 aliphatic carbocycles. The Balaban J connectivity index is 1.54. The number of hydrogen-bond donors (Lipinski definition) is 1. The number of ether oxygens (including phenoxy) is 2. The lowest BCUT2D eigenvalue weighted by molar-refractivity contribution is 0.171. The third kappa shape index (κ3) is 4.17. The lowest BCUT2D eigenvalue weighted by atomic mass is 10.2. The zero-order valence-corrected chi connectivity index (χ0v) is 15.4. The number of anilines is 1. The number of nitrogens with one attached hydrogen (secondary N) is 1. The normalized spacial score (nSPS) is 15.7. The van der Waals surface area contributed by atoms with E-state index in [2.05, 4.69) is 34.5 Å². The van der Waals surface area contributed by atoms with Crippen molar-refractivity contribution in [1.29, 1.82) is 0 Å². The van der Waals surface area contributed by atoms with E-state index in [1.807, 2.05) is 36.4 Å². The van der Waals surface area contributed by atoms with Crippen LogP contribution in [0.25, 0.3) is 6.08 Å². The molecule has 5 heteroatoms. The summed E-state index contributed by atoms with van der Waals surface area (Å²) in [5.74, 6) is 1.57. The SMILES string of the molecule is S=C(NC1CC1)N(C/C=C/c1ccccc1)c1ccc2c(c1)OCCO2. The summed E-state index contributed by atoms with van der Waals surface area (Å²) in [4.78, 5) is 2.10. The maximum absolute atomic E-state index is 5.73. The monoisotopic (exact) mass is 366 g/mol. The van der Waals surface area contributed by atoms with E-state index in [4.69, 9.17) is 21.7 Å². The van der Waals surface area contributed by atoms with Gasteiger partial charge in [0.05, 0.1) is 0 Å². The van der Waals surface area contributed by atoms with Gasteiger partial charge in [-0.25, -0.2) is 0 Å². The van der Waals surface area contributed by atoms with E-state index in [1.54, 1.807) is 0 Å². The van der Waals surface area contributed by atoms with E-state index < -0.39 is 0 Å². The summed E-state index contributed by atoms with van der Waals surface area (Å²) in [5, 5.41) is 4.18. The Hall–Kier alpha value is -2.53. The Kier molecular flexibility index (Phi) is 5.07. The number of hydrogen-bond acceptors (Lipinski definition) is 3. The second-order valence-corrected chi connectivity index (χ2v) is 6.86. The molecule has 0 saturated heterocycles. The fourth-order valence-corrected chi connectivity index (χ4v) is 3.19. The predicted octanol–water partition coefficient (Wildman–Crippen LogP) is 4.01. The van der Waals surface area contributed by atoms with Gasteiger partial charge in [0.2, 0.25) is 0 Å². The second-order valence-electron chi connectivity index (χ2n) is 6.48. The van der Waals surface area contributed by atoms with Gasteiger partial charge in [0, 0.05) is 24.3 Å². The first kappa shape index (κ1) is 16.9. The summed E-state index contributed by atoms with van der Waals surface area (Å²) in [7, 11) is 0. The molecule has 2 aliphatic rings. The lowest BCUT2D eigenvalue weighted by Gasteiger charge is -2.27. The topological polar surface area (TPSA) is 33.7 Å². The Morgan fingerprint density at radius 1 is 1.08 bits per heavy atom.